The molecule has 2 aromatic carbocycles. The molecule has 0 unspecified atom stereocenters. The SMILES string of the molecule is Cc1c([C@H]2O[C@H](CC(=O)O)c3nnc(C(F)(F)F)n3-c3ccc(Cl)cc32)ccc2c1OCCO2. The highest BCUT2D eigenvalue weighted by Crippen LogP contribution is 2.47. The van der Waals surface area contributed by atoms with Crippen LogP contribution in [0.2, 0.25) is 5.02 Å². The van der Waals surface area contributed by atoms with Gasteiger partial charge in [-0.3, -0.25) is 9.36 Å². The van der Waals surface area contributed by atoms with Crippen molar-refractivity contribution in [2.45, 2.75) is 31.7 Å². The Kier molecular flexibility index (Phi) is 5.40. The summed E-state index contributed by atoms with van der Waals surface area (Å²) in [5.74, 6) is -1.80. The highest BCUT2D eigenvalue weighted by molar-refractivity contribution is 6.30. The summed E-state index contributed by atoms with van der Waals surface area (Å²) in [7, 11) is 0. The number of fused-ring (bicyclic) bond motifs is 4. The lowest BCUT2D eigenvalue weighted by Gasteiger charge is -2.27. The number of hydrogen-bond donors (Lipinski definition) is 1. The Hall–Kier alpha value is -3.31. The summed E-state index contributed by atoms with van der Waals surface area (Å²) in [6, 6.07) is 7.74. The summed E-state index contributed by atoms with van der Waals surface area (Å²) in [6.45, 7) is 2.50. The normalized spacial score (nSPS) is 19.2. The van der Waals surface area contributed by atoms with E-state index in [2.05, 4.69) is 10.2 Å². The summed E-state index contributed by atoms with van der Waals surface area (Å²) in [4.78, 5) is 11.6. The zero-order chi connectivity index (χ0) is 24.2. The van der Waals surface area contributed by atoms with Gasteiger partial charge in [0.05, 0.1) is 12.1 Å². The lowest BCUT2D eigenvalue weighted by atomic mass is 9.95. The average molecular weight is 496 g/mol. The van der Waals surface area contributed by atoms with Gasteiger partial charge < -0.3 is 19.3 Å². The molecule has 2 atom stereocenters. The van der Waals surface area contributed by atoms with Crippen molar-refractivity contribution in [2.75, 3.05) is 13.2 Å². The van der Waals surface area contributed by atoms with Crippen molar-refractivity contribution in [3.05, 3.63) is 63.7 Å². The maximum absolute atomic E-state index is 13.8. The molecule has 0 aliphatic carbocycles. The van der Waals surface area contributed by atoms with E-state index in [1.165, 1.54) is 18.2 Å². The third-order valence-electron chi connectivity index (χ3n) is 5.68. The largest absolute Gasteiger partial charge is 0.486 e. The molecule has 3 heterocycles. The molecule has 0 bridgehead atoms. The molecule has 178 valence electrons. The predicted octanol–water partition coefficient (Wildman–Crippen LogP) is 4.65. The van der Waals surface area contributed by atoms with Gasteiger partial charge in [0.2, 0.25) is 5.82 Å². The van der Waals surface area contributed by atoms with Crippen molar-refractivity contribution in [1.82, 2.24) is 14.8 Å². The average Bonchev–Trinajstić information content (AvgIpc) is 3.18. The van der Waals surface area contributed by atoms with Crippen molar-refractivity contribution >= 4 is 17.6 Å². The number of carboxylic acid groups (broad SMARTS) is 1. The minimum absolute atomic E-state index is 0.0869. The Balaban J connectivity index is 1.76. The van der Waals surface area contributed by atoms with Crippen LogP contribution in [0.5, 0.6) is 11.5 Å². The summed E-state index contributed by atoms with van der Waals surface area (Å²) in [6.07, 6.45) is -7.78. The highest BCUT2D eigenvalue weighted by atomic mass is 35.5. The van der Waals surface area contributed by atoms with Crippen molar-refractivity contribution in [1.29, 1.82) is 0 Å². The van der Waals surface area contributed by atoms with Crippen molar-refractivity contribution in [2.24, 2.45) is 0 Å². The number of alkyl halides is 3. The number of rotatable bonds is 3. The van der Waals surface area contributed by atoms with Crippen LogP contribution in [0.4, 0.5) is 13.2 Å². The molecule has 2 aliphatic heterocycles. The van der Waals surface area contributed by atoms with Gasteiger partial charge in [-0.15, -0.1) is 10.2 Å². The van der Waals surface area contributed by atoms with Gasteiger partial charge in [0, 0.05) is 16.1 Å². The van der Waals surface area contributed by atoms with Gasteiger partial charge >= 0.3 is 12.1 Å². The number of hydrogen-bond acceptors (Lipinski definition) is 6. The van der Waals surface area contributed by atoms with E-state index in [1.807, 2.05) is 0 Å². The minimum atomic E-state index is -4.84. The van der Waals surface area contributed by atoms with Crippen LogP contribution in [0, 0.1) is 6.92 Å². The second kappa shape index (κ2) is 8.17. The van der Waals surface area contributed by atoms with Crippen LogP contribution in [0.1, 0.15) is 47.0 Å². The van der Waals surface area contributed by atoms with E-state index in [-0.39, 0.29) is 16.5 Å². The van der Waals surface area contributed by atoms with Gasteiger partial charge in [-0.05, 0) is 36.8 Å². The van der Waals surface area contributed by atoms with E-state index >= 15 is 0 Å². The predicted molar refractivity (Wildman–Crippen MR) is 111 cm³/mol. The Morgan fingerprint density at radius 3 is 2.68 bits per heavy atom. The number of ether oxygens (including phenoxy) is 3. The maximum atomic E-state index is 13.8. The Labute approximate surface area is 195 Å². The van der Waals surface area contributed by atoms with Gasteiger partial charge in [-0.2, -0.15) is 13.2 Å². The number of aliphatic carboxylic acids is 1. The molecular formula is C22H17ClF3N3O5. The maximum Gasteiger partial charge on any atom is 0.452 e. The van der Waals surface area contributed by atoms with Crippen LogP contribution >= 0.6 is 11.6 Å². The topological polar surface area (TPSA) is 95.7 Å². The molecule has 0 saturated carbocycles. The lowest BCUT2D eigenvalue weighted by Crippen LogP contribution is -2.19. The lowest BCUT2D eigenvalue weighted by molar-refractivity contribution is -0.146. The summed E-state index contributed by atoms with van der Waals surface area (Å²) in [5.41, 5.74) is 1.60. The fourth-order valence-corrected chi connectivity index (χ4v) is 4.44. The molecule has 3 aromatic rings. The number of aromatic nitrogens is 3. The zero-order valence-corrected chi connectivity index (χ0v) is 18.4. The zero-order valence-electron chi connectivity index (χ0n) is 17.6. The van der Waals surface area contributed by atoms with E-state index in [9.17, 15) is 23.1 Å². The molecule has 34 heavy (non-hydrogen) atoms. The van der Waals surface area contributed by atoms with E-state index in [4.69, 9.17) is 25.8 Å². The van der Waals surface area contributed by atoms with Gasteiger partial charge in [-0.1, -0.05) is 17.7 Å². The van der Waals surface area contributed by atoms with Crippen LogP contribution in [0.3, 0.4) is 0 Å². The third kappa shape index (κ3) is 3.74. The molecule has 1 N–H and O–H groups in total. The second-order valence-corrected chi connectivity index (χ2v) is 8.26. The Morgan fingerprint density at radius 2 is 1.94 bits per heavy atom. The van der Waals surface area contributed by atoms with E-state index < -0.39 is 36.6 Å². The van der Waals surface area contributed by atoms with Crippen molar-refractivity contribution < 1.29 is 37.3 Å². The number of halogens is 4. The molecule has 5 rings (SSSR count). The molecule has 12 heteroatoms. The Bertz CT molecular complexity index is 1290. The first kappa shape index (κ1) is 22.5. The van der Waals surface area contributed by atoms with Crippen LogP contribution in [0.25, 0.3) is 5.69 Å². The van der Waals surface area contributed by atoms with Crippen LogP contribution in [0.15, 0.2) is 30.3 Å². The molecule has 8 nitrogen and oxygen atoms in total. The third-order valence-corrected chi connectivity index (χ3v) is 5.92. The number of carbonyl (C=O) groups is 1. The molecular weight excluding hydrogens is 479 g/mol. The van der Waals surface area contributed by atoms with E-state index in [0.717, 1.165) is 4.57 Å². The molecule has 0 saturated heterocycles. The fraction of sp³-hybridized carbons (Fsp3) is 0.318. The molecule has 2 aliphatic rings. The summed E-state index contributed by atoms with van der Waals surface area (Å²) in [5, 5.41) is 16.7. The number of carboxylic acids is 1. The molecule has 0 radical (unpaired) electrons. The molecule has 0 fully saturated rings. The van der Waals surface area contributed by atoms with Gasteiger partial charge in [0.25, 0.3) is 0 Å². The minimum Gasteiger partial charge on any atom is -0.486 e. The van der Waals surface area contributed by atoms with Crippen LogP contribution in [-0.2, 0) is 15.7 Å². The first-order valence-corrected chi connectivity index (χ1v) is 10.6. The van der Waals surface area contributed by atoms with Crippen molar-refractivity contribution in [3.8, 4) is 17.2 Å². The van der Waals surface area contributed by atoms with E-state index in [0.29, 0.717) is 41.4 Å². The Morgan fingerprint density at radius 1 is 1.18 bits per heavy atom. The smallest absolute Gasteiger partial charge is 0.452 e. The van der Waals surface area contributed by atoms with Crippen LogP contribution in [-0.4, -0.2) is 39.1 Å². The fourth-order valence-electron chi connectivity index (χ4n) is 4.26. The number of benzene rings is 2. The first-order chi connectivity index (χ1) is 16.1. The van der Waals surface area contributed by atoms with Gasteiger partial charge in [-0.25, -0.2) is 0 Å². The quantitative estimate of drug-likeness (QED) is 0.565. The van der Waals surface area contributed by atoms with Crippen LogP contribution < -0.4 is 9.47 Å². The summed E-state index contributed by atoms with van der Waals surface area (Å²) >= 11 is 6.23. The standard InChI is InChI=1S/C22H17ClF3N3O5/c1-10-12(3-5-15-18(10)33-7-6-32-15)19-13-8-11(23)2-4-14(13)29-20(16(34-19)9-17(30)31)27-28-21(29)22(24,25)26/h2-5,8,16,19H,6-7,9H2,1H3,(H,30,31)/t16-,19-/m1/s1. The second-order valence-electron chi connectivity index (χ2n) is 7.82. The van der Waals surface area contributed by atoms with Gasteiger partial charge in [0.15, 0.2) is 17.3 Å². The molecule has 0 spiro atoms. The highest BCUT2D eigenvalue weighted by Gasteiger charge is 2.43. The number of nitrogens with zero attached hydrogens (tertiary/aromatic N) is 3. The first-order valence-electron chi connectivity index (χ1n) is 10.2. The van der Waals surface area contributed by atoms with Gasteiger partial charge in [0.1, 0.15) is 25.4 Å². The van der Waals surface area contributed by atoms with Crippen molar-refractivity contribution in [3.63, 3.8) is 0 Å². The molecule has 0 amide bonds. The van der Waals surface area contributed by atoms with E-state index in [1.54, 1.807) is 19.1 Å². The molecule has 1 aromatic heterocycles. The summed E-state index contributed by atoms with van der Waals surface area (Å²) < 4.78 is 59.9. The monoisotopic (exact) mass is 495 g/mol.